The highest BCUT2D eigenvalue weighted by molar-refractivity contribution is 7.09. The summed E-state index contributed by atoms with van der Waals surface area (Å²) in [6.07, 6.45) is 0. The lowest BCUT2D eigenvalue weighted by molar-refractivity contribution is 0.0698. The number of hydrogen-bond donors (Lipinski definition) is 2. The van der Waals surface area contributed by atoms with Crippen LogP contribution in [0.4, 0.5) is 10.2 Å². The molecule has 0 amide bonds. The maximum Gasteiger partial charge on any atom is 0.343 e. The first-order chi connectivity index (χ1) is 12.4. The fourth-order valence-electron chi connectivity index (χ4n) is 2.59. The van der Waals surface area contributed by atoms with E-state index in [1.807, 2.05) is 13.8 Å². The molecule has 136 valence electrons. The minimum atomic E-state index is -1.21. The highest BCUT2D eigenvalue weighted by Gasteiger charge is 2.26. The van der Waals surface area contributed by atoms with Crippen LogP contribution in [0.15, 0.2) is 28.2 Å². The zero-order valence-corrected chi connectivity index (χ0v) is 15.1. The standard InChI is InChI=1S/C17H16FN3O4S/c1-8(14-9(2)26-7-19-14)20-16-13(17(22)23)15(25-21-16)10-4-5-11(18)12(6-10)24-3/h4-8H,1-3H3,(H,20,21)(H,22,23). The van der Waals surface area contributed by atoms with Gasteiger partial charge in [0.15, 0.2) is 28.7 Å². The van der Waals surface area contributed by atoms with Gasteiger partial charge in [-0.2, -0.15) is 0 Å². The first-order valence-electron chi connectivity index (χ1n) is 7.65. The smallest absolute Gasteiger partial charge is 0.343 e. The summed E-state index contributed by atoms with van der Waals surface area (Å²) >= 11 is 1.50. The molecule has 2 N–H and O–H groups in total. The van der Waals surface area contributed by atoms with Crippen molar-refractivity contribution in [1.29, 1.82) is 0 Å². The van der Waals surface area contributed by atoms with Crippen LogP contribution >= 0.6 is 11.3 Å². The number of halogens is 1. The molecule has 9 heteroatoms. The Morgan fingerprint density at radius 1 is 1.46 bits per heavy atom. The normalized spacial score (nSPS) is 12.0. The lowest BCUT2D eigenvalue weighted by Crippen LogP contribution is -2.11. The van der Waals surface area contributed by atoms with Crippen molar-refractivity contribution >= 4 is 23.1 Å². The van der Waals surface area contributed by atoms with E-state index in [2.05, 4.69) is 15.5 Å². The van der Waals surface area contributed by atoms with E-state index >= 15 is 0 Å². The van der Waals surface area contributed by atoms with E-state index in [1.165, 1.54) is 36.6 Å². The Morgan fingerprint density at radius 2 is 2.23 bits per heavy atom. The van der Waals surface area contributed by atoms with Crippen molar-refractivity contribution in [3.63, 3.8) is 0 Å². The van der Waals surface area contributed by atoms with Crippen LogP contribution in [0, 0.1) is 12.7 Å². The van der Waals surface area contributed by atoms with Crippen LogP contribution in [0.3, 0.4) is 0 Å². The number of anilines is 1. The molecule has 7 nitrogen and oxygen atoms in total. The summed E-state index contributed by atoms with van der Waals surface area (Å²) in [5.41, 5.74) is 2.73. The molecule has 1 unspecified atom stereocenters. The summed E-state index contributed by atoms with van der Waals surface area (Å²) in [6, 6.07) is 3.68. The second kappa shape index (κ2) is 7.12. The summed E-state index contributed by atoms with van der Waals surface area (Å²) in [4.78, 5) is 17.1. The minimum Gasteiger partial charge on any atom is -0.494 e. The number of thiazole rings is 1. The number of aromatic carboxylic acids is 1. The van der Waals surface area contributed by atoms with Gasteiger partial charge < -0.3 is 19.7 Å². The number of benzene rings is 1. The summed E-state index contributed by atoms with van der Waals surface area (Å²) in [5.74, 6) is -1.69. The van der Waals surface area contributed by atoms with Crippen molar-refractivity contribution in [3.05, 3.63) is 45.7 Å². The van der Waals surface area contributed by atoms with Crippen molar-refractivity contribution in [2.75, 3.05) is 12.4 Å². The Balaban J connectivity index is 1.99. The van der Waals surface area contributed by atoms with E-state index in [0.29, 0.717) is 5.56 Å². The van der Waals surface area contributed by atoms with Crippen LogP contribution in [-0.4, -0.2) is 28.3 Å². The van der Waals surface area contributed by atoms with E-state index in [-0.39, 0.29) is 28.9 Å². The second-order valence-electron chi connectivity index (χ2n) is 5.55. The van der Waals surface area contributed by atoms with Crippen molar-refractivity contribution in [2.45, 2.75) is 19.9 Å². The van der Waals surface area contributed by atoms with Gasteiger partial charge in [-0.25, -0.2) is 14.2 Å². The molecule has 0 spiro atoms. The van der Waals surface area contributed by atoms with Crippen LogP contribution in [-0.2, 0) is 0 Å². The highest BCUT2D eigenvalue weighted by Crippen LogP contribution is 2.34. The maximum atomic E-state index is 13.6. The van der Waals surface area contributed by atoms with Crippen LogP contribution in [0.1, 0.15) is 33.9 Å². The fourth-order valence-corrected chi connectivity index (χ4v) is 3.26. The number of nitrogens with one attached hydrogen (secondary N) is 1. The minimum absolute atomic E-state index is 0.0144. The molecule has 3 rings (SSSR count). The molecule has 0 radical (unpaired) electrons. The number of carbonyl (C=O) groups is 1. The van der Waals surface area contributed by atoms with E-state index < -0.39 is 11.8 Å². The molecule has 0 aliphatic carbocycles. The first-order valence-corrected chi connectivity index (χ1v) is 8.53. The van der Waals surface area contributed by atoms with Gasteiger partial charge in [-0.05, 0) is 32.0 Å². The molecule has 3 aromatic rings. The largest absolute Gasteiger partial charge is 0.494 e. The third-order valence-electron chi connectivity index (χ3n) is 3.86. The average molecular weight is 377 g/mol. The molecule has 0 bridgehead atoms. The predicted octanol–water partition coefficient (Wildman–Crippen LogP) is 4.13. The Kier molecular flexibility index (Phi) is 4.90. The number of aryl methyl sites for hydroxylation is 1. The summed E-state index contributed by atoms with van der Waals surface area (Å²) in [7, 11) is 1.32. The number of ether oxygens (including phenoxy) is 1. The van der Waals surface area contributed by atoms with Gasteiger partial charge in [0.25, 0.3) is 0 Å². The average Bonchev–Trinajstić information content (AvgIpc) is 3.21. The van der Waals surface area contributed by atoms with Gasteiger partial charge in [-0.3, -0.25) is 0 Å². The van der Waals surface area contributed by atoms with Gasteiger partial charge in [-0.1, -0.05) is 5.16 Å². The number of aromatic nitrogens is 2. The van der Waals surface area contributed by atoms with Crippen LogP contribution in [0.5, 0.6) is 5.75 Å². The van der Waals surface area contributed by atoms with Crippen LogP contribution in [0.25, 0.3) is 11.3 Å². The third-order valence-corrected chi connectivity index (χ3v) is 4.64. The number of rotatable bonds is 6. The number of methoxy groups -OCH3 is 1. The Labute approximate surface area is 152 Å². The topological polar surface area (TPSA) is 97.5 Å². The van der Waals surface area contributed by atoms with Crippen molar-refractivity contribution < 1.29 is 23.6 Å². The molecule has 0 fully saturated rings. The van der Waals surface area contributed by atoms with Crippen LogP contribution in [0.2, 0.25) is 0 Å². The van der Waals surface area contributed by atoms with Gasteiger partial charge >= 0.3 is 5.97 Å². The van der Waals surface area contributed by atoms with Crippen molar-refractivity contribution in [3.8, 4) is 17.1 Å². The molecule has 1 atom stereocenters. The zero-order valence-electron chi connectivity index (χ0n) is 14.2. The van der Waals surface area contributed by atoms with E-state index in [1.54, 1.807) is 5.51 Å². The van der Waals surface area contributed by atoms with Gasteiger partial charge in [-0.15, -0.1) is 11.3 Å². The molecule has 1 aromatic carbocycles. The van der Waals surface area contributed by atoms with Crippen molar-refractivity contribution in [2.24, 2.45) is 0 Å². The highest BCUT2D eigenvalue weighted by atomic mass is 32.1. The van der Waals surface area contributed by atoms with Crippen LogP contribution < -0.4 is 10.1 Å². The monoisotopic (exact) mass is 377 g/mol. The lowest BCUT2D eigenvalue weighted by Gasteiger charge is -2.12. The maximum absolute atomic E-state index is 13.6. The molecule has 2 aromatic heterocycles. The predicted molar refractivity (Wildman–Crippen MR) is 94.3 cm³/mol. The summed E-state index contributed by atoms with van der Waals surface area (Å²) < 4.78 is 23.8. The number of carboxylic acids is 1. The van der Waals surface area contributed by atoms with E-state index in [9.17, 15) is 14.3 Å². The first kappa shape index (κ1) is 17.9. The Hall–Kier alpha value is -2.94. The fraction of sp³-hybridized carbons (Fsp3) is 0.235. The van der Waals surface area contributed by atoms with Gasteiger partial charge in [0, 0.05) is 10.4 Å². The van der Waals surface area contributed by atoms with E-state index in [0.717, 1.165) is 10.6 Å². The number of carboxylic acid groups (broad SMARTS) is 1. The van der Waals surface area contributed by atoms with E-state index in [4.69, 9.17) is 9.26 Å². The Bertz CT molecular complexity index is 953. The zero-order chi connectivity index (χ0) is 18.8. The molecular weight excluding hydrogens is 361 g/mol. The lowest BCUT2D eigenvalue weighted by atomic mass is 10.1. The molecule has 0 aliphatic heterocycles. The third kappa shape index (κ3) is 3.25. The SMILES string of the molecule is COc1cc(-c2onc(NC(C)c3ncsc3C)c2C(=O)O)ccc1F. The van der Waals surface area contributed by atoms with Gasteiger partial charge in [0.1, 0.15) is 0 Å². The molecular formula is C17H16FN3O4S. The quantitative estimate of drug-likeness (QED) is 0.667. The number of nitrogens with zero attached hydrogens (tertiary/aromatic N) is 2. The Morgan fingerprint density at radius 3 is 2.85 bits per heavy atom. The molecule has 26 heavy (non-hydrogen) atoms. The molecule has 0 aliphatic rings. The molecule has 0 saturated carbocycles. The molecule has 0 saturated heterocycles. The second-order valence-corrected chi connectivity index (χ2v) is 6.61. The number of hydrogen-bond acceptors (Lipinski definition) is 7. The van der Waals surface area contributed by atoms with Gasteiger partial charge in [0.05, 0.1) is 24.4 Å². The van der Waals surface area contributed by atoms with Gasteiger partial charge in [0.2, 0.25) is 0 Å². The summed E-state index contributed by atoms with van der Waals surface area (Å²) in [5, 5.41) is 16.5. The summed E-state index contributed by atoms with van der Waals surface area (Å²) in [6.45, 7) is 3.78. The molecule has 2 heterocycles. The van der Waals surface area contributed by atoms with Crippen molar-refractivity contribution in [1.82, 2.24) is 10.1 Å².